The summed E-state index contributed by atoms with van der Waals surface area (Å²) in [7, 11) is 0. The number of hydrogen-bond donors (Lipinski definition) is 1. The molecule has 3 heteroatoms. The van der Waals surface area contributed by atoms with Crippen LogP contribution in [0.1, 0.15) is 39.5 Å². The first-order valence-electron chi connectivity index (χ1n) is 6.14. The van der Waals surface area contributed by atoms with Crippen LogP contribution in [-0.4, -0.2) is 29.4 Å². The molecule has 2 N–H and O–H groups in total. The van der Waals surface area contributed by atoms with Crippen molar-refractivity contribution in [2.75, 3.05) is 6.54 Å². The fraction of sp³-hybridized carbons (Fsp3) is 0.917. The van der Waals surface area contributed by atoms with Crippen molar-refractivity contribution >= 4 is 5.91 Å². The molecule has 2 aliphatic rings. The van der Waals surface area contributed by atoms with E-state index in [1.165, 1.54) is 12.8 Å². The van der Waals surface area contributed by atoms with Crippen LogP contribution < -0.4 is 5.73 Å². The van der Waals surface area contributed by atoms with E-state index in [1.54, 1.807) is 0 Å². The maximum Gasteiger partial charge on any atom is 0.223 e. The van der Waals surface area contributed by atoms with Gasteiger partial charge in [0.1, 0.15) is 0 Å². The summed E-state index contributed by atoms with van der Waals surface area (Å²) >= 11 is 0. The fourth-order valence-corrected chi connectivity index (χ4v) is 3.21. The van der Waals surface area contributed by atoms with Crippen LogP contribution in [0.2, 0.25) is 0 Å². The average Bonchev–Trinajstić information content (AvgIpc) is 2.72. The lowest BCUT2D eigenvalue weighted by atomic mass is 9.89. The van der Waals surface area contributed by atoms with Crippen molar-refractivity contribution in [2.45, 2.75) is 51.6 Å². The Morgan fingerprint density at radius 2 is 2.20 bits per heavy atom. The molecule has 0 aromatic carbocycles. The molecule has 0 aromatic heterocycles. The topological polar surface area (TPSA) is 46.3 Å². The van der Waals surface area contributed by atoms with Gasteiger partial charge in [0.05, 0.1) is 0 Å². The maximum absolute atomic E-state index is 12.1. The van der Waals surface area contributed by atoms with E-state index >= 15 is 0 Å². The zero-order chi connectivity index (χ0) is 11.0. The van der Waals surface area contributed by atoms with Crippen molar-refractivity contribution in [2.24, 2.45) is 17.6 Å². The first-order valence-corrected chi connectivity index (χ1v) is 6.14. The third-order valence-corrected chi connectivity index (χ3v) is 3.84. The van der Waals surface area contributed by atoms with Gasteiger partial charge in [-0.2, -0.15) is 0 Å². The molecular formula is C12H22N2O. The summed E-state index contributed by atoms with van der Waals surface area (Å²) in [5.41, 5.74) is 5.75. The highest BCUT2D eigenvalue weighted by atomic mass is 16.2. The summed E-state index contributed by atoms with van der Waals surface area (Å²) in [6, 6.07) is 0.973. The van der Waals surface area contributed by atoms with Gasteiger partial charge in [0.25, 0.3) is 0 Å². The zero-order valence-electron chi connectivity index (χ0n) is 9.78. The fourth-order valence-electron chi connectivity index (χ4n) is 3.21. The molecule has 86 valence electrons. The summed E-state index contributed by atoms with van der Waals surface area (Å²) in [5.74, 6) is 1.39. The number of carbonyl (C=O) groups is 1. The van der Waals surface area contributed by atoms with Gasteiger partial charge in [0.15, 0.2) is 0 Å². The Labute approximate surface area is 92.0 Å². The van der Waals surface area contributed by atoms with Crippen LogP contribution in [0.25, 0.3) is 0 Å². The van der Waals surface area contributed by atoms with E-state index in [1.807, 2.05) is 0 Å². The first-order chi connectivity index (χ1) is 7.13. The number of carbonyl (C=O) groups excluding carboxylic acids is 1. The quantitative estimate of drug-likeness (QED) is 0.764. The Bertz CT molecular complexity index is 252. The second-order valence-corrected chi connectivity index (χ2v) is 5.43. The highest BCUT2D eigenvalue weighted by Gasteiger charge is 2.47. The van der Waals surface area contributed by atoms with Gasteiger partial charge in [0, 0.05) is 18.5 Å². The van der Waals surface area contributed by atoms with Crippen molar-refractivity contribution in [3.05, 3.63) is 0 Å². The van der Waals surface area contributed by atoms with E-state index in [0.717, 1.165) is 13.0 Å². The van der Waals surface area contributed by atoms with Crippen LogP contribution in [0, 0.1) is 11.8 Å². The van der Waals surface area contributed by atoms with E-state index in [4.69, 9.17) is 5.73 Å². The Morgan fingerprint density at radius 1 is 1.47 bits per heavy atom. The SMILES string of the molecule is CC(C)CC(=O)N1C2CCC1C(CN)C2. The van der Waals surface area contributed by atoms with Gasteiger partial charge in [-0.1, -0.05) is 13.8 Å². The standard InChI is InChI=1S/C12H22N2O/c1-8(2)5-12(15)14-10-3-4-11(14)9(6-10)7-13/h8-11H,3-7,13H2,1-2H3. The predicted molar refractivity (Wildman–Crippen MR) is 60.3 cm³/mol. The van der Waals surface area contributed by atoms with E-state index in [2.05, 4.69) is 18.7 Å². The van der Waals surface area contributed by atoms with Gasteiger partial charge in [0.2, 0.25) is 5.91 Å². The normalized spacial score (nSPS) is 34.1. The molecule has 15 heavy (non-hydrogen) atoms. The van der Waals surface area contributed by atoms with Crippen LogP contribution in [0.4, 0.5) is 0 Å². The van der Waals surface area contributed by atoms with E-state index in [9.17, 15) is 4.79 Å². The Balaban J connectivity index is 2.02. The van der Waals surface area contributed by atoms with E-state index < -0.39 is 0 Å². The van der Waals surface area contributed by atoms with Gasteiger partial charge in [-0.05, 0) is 37.6 Å². The molecule has 3 nitrogen and oxygen atoms in total. The second kappa shape index (κ2) is 4.12. The first kappa shape index (κ1) is 10.9. The number of amides is 1. The van der Waals surface area contributed by atoms with E-state index in [-0.39, 0.29) is 0 Å². The highest BCUT2D eigenvalue weighted by molar-refractivity contribution is 5.77. The molecule has 1 amide bonds. The number of rotatable bonds is 3. The third-order valence-electron chi connectivity index (χ3n) is 3.84. The molecule has 2 bridgehead atoms. The zero-order valence-corrected chi connectivity index (χ0v) is 9.78. The summed E-state index contributed by atoms with van der Waals surface area (Å²) < 4.78 is 0. The van der Waals surface area contributed by atoms with Gasteiger partial charge in [-0.15, -0.1) is 0 Å². The van der Waals surface area contributed by atoms with Crippen LogP contribution in [-0.2, 0) is 4.79 Å². The minimum Gasteiger partial charge on any atom is -0.336 e. The average molecular weight is 210 g/mol. The van der Waals surface area contributed by atoms with Gasteiger partial charge in [-0.25, -0.2) is 0 Å². The molecule has 0 aromatic rings. The molecule has 0 spiro atoms. The molecule has 0 saturated carbocycles. The number of nitrogens with zero attached hydrogens (tertiary/aromatic N) is 1. The summed E-state index contributed by atoms with van der Waals surface area (Å²) in [6.45, 7) is 4.96. The monoisotopic (exact) mass is 210 g/mol. The predicted octanol–water partition coefficient (Wildman–Crippen LogP) is 1.37. The van der Waals surface area contributed by atoms with Crippen molar-refractivity contribution in [1.29, 1.82) is 0 Å². The lowest BCUT2D eigenvalue weighted by Gasteiger charge is -2.24. The van der Waals surface area contributed by atoms with Crippen molar-refractivity contribution in [3.8, 4) is 0 Å². The van der Waals surface area contributed by atoms with Crippen LogP contribution in [0.3, 0.4) is 0 Å². The second-order valence-electron chi connectivity index (χ2n) is 5.43. The Morgan fingerprint density at radius 3 is 2.73 bits per heavy atom. The minimum absolute atomic E-state index is 0.355. The Kier molecular flexibility index (Phi) is 3.01. The molecule has 2 aliphatic heterocycles. The molecule has 0 radical (unpaired) electrons. The van der Waals surface area contributed by atoms with Crippen LogP contribution in [0.5, 0.6) is 0 Å². The molecular weight excluding hydrogens is 188 g/mol. The molecule has 2 heterocycles. The Hall–Kier alpha value is -0.570. The number of hydrogen-bond acceptors (Lipinski definition) is 2. The van der Waals surface area contributed by atoms with Gasteiger partial charge >= 0.3 is 0 Å². The molecule has 3 unspecified atom stereocenters. The number of fused-ring (bicyclic) bond motifs is 2. The number of nitrogens with two attached hydrogens (primary N) is 1. The molecule has 2 rings (SSSR count). The van der Waals surface area contributed by atoms with Crippen LogP contribution in [0.15, 0.2) is 0 Å². The van der Waals surface area contributed by atoms with Crippen molar-refractivity contribution in [1.82, 2.24) is 4.90 Å². The van der Waals surface area contributed by atoms with Crippen molar-refractivity contribution < 1.29 is 4.79 Å². The van der Waals surface area contributed by atoms with E-state index in [0.29, 0.717) is 36.2 Å². The summed E-state index contributed by atoms with van der Waals surface area (Å²) in [6.07, 6.45) is 4.22. The van der Waals surface area contributed by atoms with Gasteiger partial charge < -0.3 is 10.6 Å². The maximum atomic E-state index is 12.1. The molecule has 2 fully saturated rings. The third kappa shape index (κ3) is 1.89. The molecule has 3 atom stereocenters. The summed E-state index contributed by atoms with van der Waals surface area (Å²) in [4.78, 5) is 14.2. The van der Waals surface area contributed by atoms with Crippen LogP contribution >= 0.6 is 0 Å². The molecule has 0 aliphatic carbocycles. The van der Waals surface area contributed by atoms with Crippen molar-refractivity contribution in [3.63, 3.8) is 0 Å². The lowest BCUT2D eigenvalue weighted by molar-refractivity contribution is -0.133. The minimum atomic E-state index is 0.355. The smallest absolute Gasteiger partial charge is 0.223 e. The van der Waals surface area contributed by atoms with Gasteiger partial charge in [-0.3, -0.25) is 4.79 Å². The largest absolute Gasteiger partial charge is 0.336 e. The highest BCUT2D eigenvalue weighted by Crippen LogP contribution is 2.41. The summed E-state index contributed by atoms with van der Waals surface area (Å²) in [5, 5.41) is 0. The molecule has 2 saturated heterocycles. The lowest BCUT2D eigenvalue weighted by Crippen LogP contribution is -2.38.